The molecule has 8 rings (SSSR count). The minimum Gasteiger partial charge on any atom is -0.497 e. The van der Waals surface area contributed by atoms with E-state index < -0.39 is 17.9 Å². The van der Waals surface area contributed by atoms with E-state index in [9.17, 15) is 18.4 Å². The van der Waals surface area contributed by atoms with E-state index in [4.69, 9.17) is 16.3 Å². The zero-order chi connectivity index (χ0) is 31.7. The summed E-state index contributed by atoms with van der Waals surface area (Å²) in [4.78, 5) is 36.4. The third-order valence-electron chi connectivity index (χ3n) is 9.39. The second kappa shape index (κ2) is 10.5. The van der Waals surface area contributed by atoms with E-state index in [1.807, 2.05) is 30.3 Å². The summed E-state index contributed by atoms with van der Waals surface area (Å²) in [7, 11) is 1.58. The highest BCUT2D eigenvalue weighted by atomic mass is 35.5. The quantitative estimate of drug-likeness (QED) is 0.212. The Morgan fingerprint density at radius 3 is 2.57 bits per heavy atom. The minimum absolute atomic E-state index is 0.178. The van der Waals surface area contributed by atoms with Gasteiger partial charge in [0.05, 0.1) is 29.9 Å². The largest absolute Gasteiger partial charge is 0.497 e. The first-order chi connectivity index (χ1) is 22.3. The summed E-state index contributed by atoms with van der Waals surface area (Å²) in [6.45, 7) is 0.602. The first-order valence-electron chi connectivity index (χ1n) is 15.0. The monoisotopic (exact) mass is 636 g/mol. The van der Waals surface area contributed by atoms with Gasteiger partial charge < -0.3 is 15.0 Å². The number of urea groups is 1. The number of amides is 3. The second-order valence-corrected chi connectivity index (χ2v) is 12.5. The molecule has 1 unspecified atom stereocenters. The fourth-order valence-corrected chi connectivity index (χ4v) is 7.22. The first-order valence-corrected chi connectivity index (χ1v) is 15.3. The summed E-state index contributed by atoms with van der Waals surface area (Å²) in [5.41, 5.74) is 4.20. The molecule has 230 valence electrons. The Morgan fingerprint density at radius 2 is 1.80 bits per heavy atom. The Hall–Kier alpha value is -5.02. The molecule has 0 bridgehead atoms. The van der Waals surface area contributed by atoms with Gasteiger partial charge in [0.2, 0.25) is 0 Å². The number of carbonyl (C=O) groups excluding carboxylic acids is 2. The SMILES string of the molecule is COc1ccc(CN2C(=O)c3c(c(NC(=O)N4CC5(CC5)c5cc(F)ccc54)cc4ncccc34)C2c2cc(F)ccc2Cl)cc1. The fourth-order valence-electron chi connectivity index (χ4n) is 6.99. The number of benzene rings is 4. The standard InChI is InChI=1S/C36H27ClF2N4O3/c1-46-23-8-4-20(5-9-23)18-42-33(25-15-21(38)6-10-27(25)37)32-29(17-28-24(3-2-14-40-28)31(32)34(42)44)41-35(45)43-19-36(12-13-36)26-16-22(39)7-11-30(26)43/h2-11,14-17,33H,12-13,18-19H2,1H3,(H,41,45). The molecule has 3 amide bonds. The predicted octanol–water partition coefficient (Wildman–Crippen LogP) is 8.00. The third-order valence-corrected chi connectivity index (χ3v) is 9.74. The van der Waals surface area contributed by atoms with Crippen LogP contribution in [0.3, 0.4) is 0 Å². The van der Waals surface area contributed by atoms with Gasteiger partial charge in [-0.05, 0) is 84.6 Å². The molecule has 1 aromatic heterocycles. The molecule has 3 heterocycles. The molecule has 4 aromatic carbocycles. The number of methoxy groups -OCH3 is 1. The van der Waals surface area contributed by atoms with Crippen molar-refractivity contribution in [2.75, 3.05) is 23.9 Å². The average Bonchev–Trinajstić information content (AvgIpc) is 3.70. The maximum Gasteiger partial charge on any atom is 0.326 e. The number of hydrogen-bond acceptors (Lipinski definition) is 4. The van der Waals surface area contributed by atoms with Gasteiger partial charge in [0.15, 0.2) is 0 Å². The number of aromatic nitrogens is 1. The fraction of sp³-hybridized carbons (Fsp3) is 0.194. The lowest BCUT2D eigenvalue weighted by Crippen LogP contribution is -2.35. The molecule has 46 heavy (non-hydrogen) atoms. The van der Waals surface area contributed by atoms with Gasteiger partial charge in [-0.25, -0.2) is 13.6 Å². The van der Waals surface area contributed by atoms with Crippen molar-refractivity contribution in [2.45, 2.75) is 30.8 Å². The van der Waals surface area contributed by atoms with Crippen molar-refractivity contribution in [3.8, 4) is 5.75 Å². The Morgan fingerprint density at radius 1 is 1.04 bits per heavy atom. The smallest absolute Gasteiger partial charge is 0.326 e. The molecule has 0 saturated heterocycles. The summed E-state index contributed by atoms with van der Waals surface area (Å²) in [5, 5.41) is 3.96. The molecule has 1 spiro atoms. The Kier molecular flexibility index (Phi) is 6.51. The molecule has 1 aliphatic carbocycles. The van der Waals surface area contributed by atoms with Crippen LogP contribution in [0.25, 0.3) is 10.9 Å². The topological polar surface area (TPSA) is 74.8 Å². The molecule has 1 saturated carbocycles. The molecule has 7 nitrogen and oxygen atoms in total. The van der Waals surface area contributed by atoms with E-state index in [1.54, 1.807) is 41.3 Å². The van der Waals surface area contributed by atoms with Crippen LogP contribution in [0.5, 0.6) is 5.75 Å². The molecule has 5 aromatic rings. The summed E-state index contributed by atoms with van der Waals surface area (Å²) in [6, 6.07) is 20.0. The molecule has 1 fully saturated rings. The van der Waals surface area contributed by atoms with Crippen molar-refractivity contribution in [1.29, 1.82) is 0 Å². The van der Waals surface area contributed by atoms with Gasteiger partial charge >= 0.3 is 6.03 Å². The van der Waals surface area contributed by atoms with Gasteiger partial charge in [-0.1, -0.05) is 29.8 Å². The normalized spacial score (nSPS) is 17.4. The van der Waals surface area contributed by atoms with Crippen molar-refractivity contribution in [3.63, 3.8) is 0 Å². The van der Waals surface area contributed by atoms with Crippen molar-refractivity contribution < 1.29 is 23.1 Å². The maximum atomic E-state index is 14.8. The van der Waals surface area contributed by atoms with Gasteiger partial charge in [-0.15, -0.1) is 0 Å². The summed E-state index contributed by atoms with van der Waals surface area (Å²) in [6.07, 6.45) is 3.37. The molecule has 1 atom stereocenters. The predicted molar refractivity (Wildman–Crippen MR) is 172 cm³/mol. The zero-order valence-electron chi connectivity index (χ0n) is 24.7. The van der Waals surface area contributed by atoms with E-state index in [1.165, 1.54) is 30.3 Å². The molecular formula is C36H27ClF2N4O3. The molecule has 0 radical (unpaired) electrons. The van der Waals surface area contributed by atoms with Gasteiger partial charge in [0, 0.05) is 51.9 Å². The highest BCUT2D eigenvalue weighted by molar-refractivity contribution is 6.31. The molecule has 3 aliphatic rings. The van der Waals surface area contributed by atoms with Crippen molar-refractivity contribution in [3.05, 3.63) is 130 Å². The minimum atomic E-state index is -0.831. The van der Waals surface area contributed by atoms with E-state index in [0.717, 1.165) is 24.0 Å². The highest BCUT2D eigenvalue weighted by Gasteiger charge is 2.53. The Balaban J connectivity index is 1.27. The highest BCUT2D eigenvalue weighted by Crippen LogP contribution is 2.57. The molecule has 2 aliphatic heterocycles. The van der Waals surface area contributed by atoms with E-state index >= 15 is 0 Å². The van der Waals surface area contributed by atoms with Crippen LogP contribution < -0.4 is 15.0 Å². The van der Waals surface area contributed by atoms with Crippen LogP contribution in [0.4, 0.5) is 25.0 Å². The summed E-state index contributed by atoms with van der Waals surface area (Å²) >= 11 is 6.73. The number of anilines is 2. The van der Waals surface area contributed by atoms with E-state index in [2.05, 4.69) is 10.3 Å². The van der Waals surface area contributed by atoms with Crippen molar-refractivity contribution >= 4 is 45.8 Å². The lowest BCUT2D eigenvalue weighted by atomic mass is 9.93. The van der Waals surface area contributed by atoms with Gasteiger partial charge in [-0.3, -0.25) is 14.7 Å². The number of nitrogens with one attached hydrogen (secondary N) is 1. The Bertz CT molecular complexity index is 2080. The molecule has 10 heteroatoms. The van der Waals surface area contributed by atoms with Crippen LogP contribution in [0.2, 0.25) is 5.02 Å². The lowest BCUT2D eigenvalue weighted by Gasteiger charge is -2.28. The number of halogens is 3. The summed E-state index contributed by atoms with van der Waals surface area (Å²) < 4.78 is 34.4. The van der Waals surface area contributed by atoms with Gasteiger partial charge in [-0.2, -0.15) is 0 Å². The van der Waals surface area contributed by atoms with Crippen LogP contribution in [-0.2, 0) is 12.0 Å². The van der Waals surface area contributed by atoms with E-state index in [-0.39, 0.29) is 28.7 Å². The number of rotatable bonds is 5. The van der Waals surface area contributed by atoms with Gasteiger partial charge in [0.1, 0.15) is 17.4 Å². The van der Waals surface area contributed by atoms with Crippen molar-refractivity contribution in [1.82, 2.24) is 9.88 Å². The van der Waals surface area contributed by atoms with Crippen molar-refractivity contribution in [2.24, 2.45) is 0 Å². The molecule has 1 N–H and O–H groups in total. The van der Waals surface area contributed by atoms with Crippen LogP contribution in [0, 0.1) is 11.6 Å². The lowest BCUT2D eigenvalue weighted by molar-refractivity contribution is 0.0737. The number of fused-ring (bicyclic) bond motifs is 5. The zero-order valence-corrected chi connectivity index (χ0v) is 25.4. The number of carbonyl (C=O) groups is 2. The number of nitrogens with zero attached hydrogens (tertiary/aromatic N) is 3. The van der Waals surface area contributed by atoms with Crippen LogP contribution in [-0.4, -0.2) is 35.5 Å². The average molecular weight is 637 g/mol. The number of ether oxygens (including phenoxy) is 1. The van der Waals surface area contributed by atoms with Crippen LogP contribution in [0.15, 0.2) is 85.1 Å². The third kappa shape index (κ3) is 4.48. The van der Waals surface area contributed by atoms with Crippen LogP contribution in [0.1, 0.15) is 51.5 Å². The first kappa shape index (κ1) is 28.5. The number of hydrogen-bond donors (Lipinski definition) is 1. The summed E-state index contributed by atoms with van der Waals surface area (Å²) in [5.74, 6) is -0.473. The second-order valence-electron chi connectivity index (χ2n) is 12.1. The molecular weight excluding hydrogens is 610 g/mol. The number of pyridine rings is 1. The van der Waals surface area contributed by atoms with E-state index in [0.29, 0.717) is 51.3 Å². The maximum absolute atomic E-state index is 14.8. The van der Waals surface area contributed by atoms with Crippen LogP contribution >= 0.6 is 11.6 Å². The Labute approximate surface area is 268 Å². The van der Waals surface area contributed by atoms with Gasteiger partial charge in [0.25, 0.3) is 5.91 Å².